The Bertz CT molecular complexity index is 129. The Morgan fingerprint density at radius 2 is 2.00 bits per heavy atom. The topological polar surface area (TPSA) is 56.5 Å². The van der Waals surface area contributed by atoms with Crippen LogP contribution in [-0.4, -0.2) is 33.0 Å². The Hall–Kier alpha value is -0.160. The van der Waals surface area contributed by atoms with Crippen LogP contribution in [0.15, 0.2) is 0 Å². The lowest BCUT2D eigenvalue weighted by atomic mass is 9.93. The van der Waals surface area contributed by atoms with Crippen LogP contribution in [-0.2, 0) is 9.47 Å². The lowest BCUT2D eigenvalue weighted by Crippen LogP contribution is -2.48. The average Bonchev–Trinajstić information content (AvgIpc) is 2.22. The molecule has 0 amide bonds. The molecule has 0 aliphatic carbocycles. The first-order valence-corrected chi connectivity index (χ1v) is 5.19. The number of nitrogens with two attached hydrogens (primary N) is 1. The summed E-state index contributed by atoms with van der Waals surface area (Å²) in [5.41, 5.74) is 2.83. The molecule has 0 aliphatic heterocycles. The molecule has 0 rings (SSSR count). The van der Waals surface area contributed by atoms with Crippen molar-refractivity contribution in [3.05, 3.63) is 0 Å². The van der Waals surface area contributed by atoms with E-state index in [1.807, 2.05) is 0 Å². The highest BCUT2D eigenvalue weighted by Crippen LogP contribution is 2.15. The summed E-state index contributed by atoms with van der Waals surface area (Å²) in [6, 6.07) is 0.195. The van der Waals surface area contributed by atoms with Gasteiger partial charge in [-0.1, -0.05) is 13.8 Å². The second-order valence-electron chi connectivity index (χ2n) is 3.63. The van der Waals surface area contributed by atoms with Gasteiger partial charge in [-0.3, -0.25) is 11.3 Å². The number of nitrogens with one attached hydrogen (secondary N) is 1. The van der Waals surface area contributed by atoms with E-state index in [4.69, 9.17) is 15.3 Å². The van der Waals surface area contributed by atoms with E-state index in [1.54, 1.807) is 14.2 Å². The van der Waals surface area contributed by atoms with E-state index in [9.17, 15) is 0 Å². The second kappa shape index (κ2) is 8.17. The van der Waals surface area contributed by atoms with Crippen molar-refractivity contribution in [3.8, 4) is 0 Å². The van der Waals surface area contributed by atoms with E-state index in [-0.39, 0.29) is 12.1 Å². The van der Waals surface area contributed by atoms with Crippen molar-refractivity contribution in [2.75, 3.05) is 20.8 Å². The molecular weight excluding hydrogens is 180 g/mol. The second-order valence-corrected chi connectivity index (χ2v) is 3.63. The Kier molecular flexibility index (Phi) is 8.08. The van der Waals surface area contributed by atoms with Crippen LogP contribution in [0.4, 0.5) is 0 Å². The van der Waals surface area contributed by atoms with Crippen molar-refractivity contribution in [3.63, 3.8) is 0 Å². The Morgan fingerprint density at radius 1 is 1.36 bits per heavy atom. The summed E-state index contributed by atoms with van der Waals surface area (Å²) in [5.74, 6) is 5.98. The van der Waals surface area contributed by atoms with E-state index in [0.717, 1.165) is 19.4 Å². The molecule has 3 atom stereocenters. The fraction of sp³-hybridized carbons (Fsp3) is 1.00. The minimum absolute atomic E-state index is 0.173. The monoisotopic (exact) mass is 204 g/mol. The maximum absolute atomic E-state index is 5.53. The van der Waals surface area contributed by atoms with Gasteiger partial charge in [0.2, 0.25) is 0 Å². The molecule has 86 valence electrons. The van der Waals surface area contributed by atoms with Crippen LogP contribution < -0.4 is 11.3 Å². The van der Waals surface area contributed by atoms with E-state index < -0.39 is 0 Å². The number of methoxy groups -OCH3 is 2. The fourth-order valence-corrected chi connectivity index (χ4v) is 1.69. The van der Waals surface area contributed by atoms with Crippen LogP contribution in [0.5, 0.6) is 0 Å². The summed E-state index contributed by atoms with van der Waals surface area (Å²) in [4.78, 5) is 0. The molecule has 0 radical (unpaired) electrons. The molecule has 3 unspecified atom stereocenters. The minimum atomic E-state index is 0.173. The molecule has 4 nitrogen and oxygen atoms in total. The third-order valence-electron chi connectivity index (χ3n) is 2.69. The van der Waals surface area contributed by atoms with Gasteiger partial charge in [-0.05, 0) is 18.8 Å². The molecule has 0 aromatic rings. The SMILES string of the molecule is CCC(OC)C(NN)C(C)CCOC. The Balaban J connectivity index is 4.07. The van der Waals surface area contributed by atoms with Crippen LogP contribution in [0.2, 0.25) is 0 Å². The number of ether oxygens (including phenoxy) is 2. The standard InChI is InChI=1S/C10H24N2O2/c1-5-9(14-4)10(12-11)8(2)6-7-13-3/h8-10,12H,5-7,11H2,1-4H3. The van der Waals surface area contributed by atoms with Crippen LogP contribution in [0.1, 0.15) is 26.7 Å². The zero-order valence-electron chi connectivity index (χ0n) is 9.75. The Labute approximate surface area is 87.1 Å². The molecular formula is C10H24N2O2. The summed E-state index contributed by atoms with van der Waals surface area (Å²) < 4.78 is 10.4. The third kappa shape index (κ3) is 4.37. The smallest absolute Gasteiger partial charge is 0.0737 e. The van der Waals surface area contributed by atoms with Gasteiger partial charge in [-0.15, -0.1) is 0 Å². The van der Waals surface area contributed by atoms with Gasteiger partial charge < -0.3 is 9.47 Å². The molecule has 0 aromatic heterocycles. The van der Waals surface area contributed by atoms with Gasteiger partial charge in [0.1, 0.15) is 0 Å². The van der Waals surface area contributed by atoms with Gasteiger partial charge in [0, 0.05) is 26.9 Å². The van der Waals surface area contributed by atoms with Crippen LogP contribution in [0.3, 0.4) is 0 Å². The molecule has 0 saturated carbocycles. The highest BCUT2D eigenvalue weighted by atomic mass is 16.5. The van der Waals surface area contributed by atoms with Gasteiger partial charge in [0.15, 0.2) is 0 Å². The minimum Gasteiger partial charge on any atom is -0.385 e. The molecule has 0 aliphatic rings. The van der Waals surface area contributed by atoms with Crippen molar-refractivity contribution in [1.29, 1.82) is 0 Å². The van der Waals surface area contributed by atoms with Gasteiger partial charge in [-0.2, -0.15) is 0 Å². The normalized spacial score (nSPS) is 17.8. The summed E-state index contributed by atoms with van der Waals surface area (Å²) in [7, 11) is 3.44. The number of hydrogen-bond donors (Lipinski definition) is 2. The van der Waals surface area contributed by atoms with E-state index in [1.165, 1.54) is 0 Å². The molecule has 0 aromatic carbocycles. The quantitative estimate of drug-likeness (QED) is 0.456. The van der Waals surface area contributed by atoms with Crippen molar-refractivity contribution in [1.82, 2.24) is 5.43 Å². The number of rotatable bonds is 8. The van der Waals surface area contributed by atoms with Crippen molar-refractivity contribution >= 4 is 0 Å². The van der Waals surface area contributed by atoms with Gasteiger partial charge in [0.05, 0.1) is 6.10 Å². The third-order valence-corrected chi connectivity index (χ3v) is 2.69. The van der Waals surface area contributed by atoms with Crippen molar-refractivity contribution in [2.45, 2.75) is 38.8 Å². The van der Waals surface area contributed by atoms with E-state index >= 15 is 0 Å². The fourth-order valence-electron chi connectivity index (χ4n) is 1.69. The lowest BCUT2D eigenvalue weighted by Gasteiger charge is -2.29. The van der Waals surface area contributed by atoms with Gasteiger partial charge in [-0.25, -0.2) is 0 Å². The predicted molar refractivity (Wildman–Crippen MR) is 57.9 cm³/mol. The molecule has 3 N–H and O–H groups in total. The first kappa shape index (κ1) is 13.8. The van der Waals surface area contributed by atoms with E-state index in [0.29, 0.717) is 5.92 Å². The highest BCUT2D eigenvalue weighted by Gasteiger charge is 2.24. The molecule has 14 heavy (non-hydrogen) atoms. The first-order valence-electron chi connectivity index (χ1n) is 5.19. The summed E-state index contributed by atoms with van der Waals surface area (Å²) >= 11 is 0. The lowest BCUT2D eigenvalue weighted by molar-refractivity contribution is 0.0406. The average molecular weight is 204 g/mol. The zero-order valence-corrected chi connectivity index (χ0v) is 9.75. The molecule has 4 heteroatoms. The van der Waals surface area contributed by atoms with E-state index in [2.05, 4.69) is 19.3 Å². The predicted octanol–water partition coefficient (Wildman–Crippen LogP) is 0.916. The van der Waals surface area contributed by atoms with Crippen molar-refractivity contribution < 1.29 is 9.47 Å². The molecule has 0 heterocycles. The van der Waals surface area contributed by atoms with Crippen LogP contribution in [0.25, 0.3) is 0 Å². The Morgan fingerprint density at radius 3 is 2.36 bits per heavy atom. The maximum atomic E-state index is 5.53. The number of hydrogen-bond acceptors (Lipinski definition) is 4. The molecule has 0 saturated heterocycles. The van der Waals surface area contributed by atoms with Crippen molar-refractivity contribution in [2.24, 2.45) is 11.8 Å². The highest BCUT2D eigenvalue weighted by molar-refractivity contribution is 4.79. The maximum Gasteiger partial charge on any atom is 0.0737 e. The first-order chi connectivity index (χ1) is 6.71. The summed E-state index contributed by atoms with van der Waals surface area (Å²) in [6.45, 7) is 5.02. The molecule has 0 spiro atoms. The van der Waals surface area contributed by atoms with Gasteiger partial charge >= 0.3 is 0 Å². The summed E-state index contributed by atoms with van der Waals surface area (Å²) in [5, 5.41) is 0. The van der Waals surface area contributed by atoms with Crippen LogP contribution >= 0.6 is 0 Å². The summed E-state index contributed by atoms with van der Waals surface area (Å²) in [6.07, 6.45) is 2.13. The van der Waals surface area contributed by atoms with Gasteiger partial charge in [0.25, 0.3) is 0 Å². The van der Waals surface area contributed by atoms with Crippen LogP contribution in [0, 0.1) is 5.92 Å². The number of hydrazine groups is 1. The molecule has 0 fully saturated rings. The largest absolute Gasteiger partial charge is 0.385 e. The molecule has 0 bridgehead atoms. The zero-order chi connectivity index (χ0) is 11.0.